The number of carbonyl (C=O) groups is 1. The number of nitrogens with one attached hydrogen (secondary N) is 1. The van der Waals surface area contributed by atoms with Crippen LogP contribution in [0.3, 0.4) is 0 Å². The standard InChI is InChI=1S/C15H15N7O/c16-5-3-13(23)21-7-1-2-10(9-21)22-14-11-4-6-17-15(11)18-8-12(14)19-20-22/h4,6,8,10H,1-3,7,9H2,(H,17,18). The molecular formula is C15H15N7O. The highest BCUT2D eigenvalue weighted by Gasteiger charge is 2.27. The third kappa shape index (κ3) is 2.21. The molecule has 1 fully saturated rings. The van der Waals surface area contributed by atoms with Gasteiger partial charge in [-0.05, 0) is 18.9 Å². The van der Waals surface area contributed by atoms with E-state index in [1.807, 2.05) is 23.0 Å². The fourth-order valence-electron chi connectivity index (χ4n) is 3.25. The first kappa shape index (κ1) is 13.7. The van der Waals surface area contributed by atoms with Gasteiger partial charge >= 0.3 is 0 Å². The van der Waals surface area contributed by atoms with E-state index in [1.165, 1.54) is 0 Å². The highest BCUT2D eigenvalue weighted by Crippen LogP contribution is 2.28. The Balaban J connectivity index is 1.72. The summed E-state index contributed by atoms with van der Waals surface area (Å²) in [6, 6.07) is 3.96. The molecule has 23 heavy (non-hydrogen) atoms. The van der Waals surface area contributed by atoms with Crippen molar-refractivity contribution in [2.75, 3.05) is 13.1 Å². The quantitative estimate of drug-likeness (QED) is 0.770. The monoisotopic (exact) mass is 309 g/mol. The van der Waals surface area contributed by atoms with Gasteiger partial charge < -0.3 is 9.88 Å². The van der Waals surface area contributed by atoms with Crippen LogP contribution in [0.1, 0.15) is 25.3 Å². The summed E-state index contributed by atoms with van der Waals surface area (Å²) in [5.41, 5.74) is 2.49. The number of H-pyrrole nitrogens is 1. The van der Waals surface area contributed by atoms with Crippen LogP contribution in [0.4, 0.5) is 0 Å². The molecule has 1 atom stereocenters. The number of aromatic nitrogens is 5. The van der Waals surface area contributed by atoms with Crippen LogP contribution in [0.25, 0.3) is 22.1 Å². The minimum Gasteiger partial charge on any atom is -0.346 e. The minimum absolute atomic E-state index is 0.0666. The summed E-state index contributed by atoms with van der Waals surface area (Å²) < 4.78 is 1.90. The number of nitriles is 1. The molecular weight excluding hydrogens is 294 g/mol. The van der Waals surface area contributed by atoms with Crippen LogP contribution in [0.5, 0.6) is 0 Å². The smallest absolute Gasteiger partial charge is 0.236 e. The SMILES string of the molecule is N#CCC(=O)N1CCCC(n2nnc3cnc4[nH]ccc4c32)C1. The van der Waals surface area contributed by atoms with E-state index in [1.54, 1.807) is 11.1 Å². The summed E-state index contributed by atoms with van der Waals surface area (Å²) in [5, 5.41) is 18.2. The number of nitrogens with zero attached hydrogens (tertiary/aromatic N) is 6. The lowest BCUT2D eigenvalue weighted by Gasteiger charge is -2.32. The van der Waals surface area contributed by atoms with Gasteiger partial charge in [0.25, 0.3) is 0 Å². The molecule has 0 spiro atoms. The molecule has 1 aliphatic heterocycles. The van der Waals surface area contributed by atoms with Gasteiger partial charge in [-0.25, -0.2) is 9.67 Å². The van der Waals surface area contributed by atoms with Crippen molar-refractivity contribution in [2.45, 2.75) is 25.3 Å². The molecule has 3 aromatic heterocycles. The van der Waals surface area contributed by atoms with Crippen molar-refractivity contribution in [1.82, 2.24) is 29.9 Å². The van der Waals surface area contributed by atoms with E-state index in [0.717, 1.165) is 34.9 Å². The Morgan fingerprint density at radius 2 is 2.43 bits per heavy atom. The second-order valence-corrected chi connectivity index (χ2v) is 5.74. The molecule has 4 heterocycles. The molecule has 8 nitrogen and oxygen atoms in total. The van der Waals surface area contributed by atoms with E-state index in [2.05, 4.69) is 20.3 Å². The summed E-state index contributed by atoms with van der Waals surface area (Å²) in [4.78, 5) is 21.2. The van der Waals surface area contributed by atoms with E-state index < -0.39 is 0 Å². The average Bonchev–Trinajstić information content (AvgIpc) is 3.21. The zero-order chi connectivity index (χ0) is 15.8. The van der Waals surface area contributed by atoms with E-state index in [4.69, 9.17) is 5.26 Å². The van der Waals surface area contributed by atoms with E-state index >= 15 is 0 Å². The number of piperidine rings is 1. The molecule has 0 bridgehead atoms. The van der Waals surface area contributed by atoms with Crippen LogP contribution >= 0.6 is 0 Å². The summed E-state index contributed by atoms with van der Waals surface area (Å²) in [6.45, 7) is 1.26. The number of likely N-dealkylation sites (tertiary alicyclic amines) is 1. The van der Waals surface area contributed by atoms with Crippen LogP contribution in [0, 0.1) is 11.3 Å². The van der Waals surface area contributed by atoms with E-state index in [0.29, 0.717) is 13.1 Å². The number of hydrogen-bond donors (Lipinski definition) is 1. The van der Waals surface area contributed by atoms with Gasteiger partial charge in [-0.15, -0.1) is 5.10 Å². The second kappa shape index (κ2) is 5.35. The molecule has 1 N–H and O–H groups in total. The first-order valence-electron chi connectivity index (χ1n) is 7.59. The first-order valence-corrected chi connectivity index (χ1v) is 7.59. The Kier molecular flexibility index (Phi) is 3.19. The molecule has 0 radical (unpaired) electrons. The summed E-state index contributed by atoms with van der Waals surface area (Å²) in [5.74, 6) is -0.116. The zero-order valence-electron chi connectivity index (χ0n) is 12.4. The van der Waals surface area contributed by atoms with Crippen LogP contribution in [-0.2, 0) is 4.79 Å². The van der Waals surface area contributed by atoms with Gasteiger partial charge in [0.2, 0.25) is 5.91 Å². The van der Waals surface area contributed by atoms with Crippen molar-refractivity contribution in [3.05, 3.63) is 18.5 Å². The normalized spacial score (nSPS) is 18.4. The number of aromatic amines is 1. The molecule has 1 saturated heterocycles. The maximum absolute atomic E-state index is 12.0. The Labute approximate surface area is 131 Å². The van der Waals surface area contributed by atoms with Gasteiger partial charge in [-0.2, -0.15) is 5.26 Å². The predicted molar refractivity (Wildman–Crippen MR) is 82.3 cm³/mol. The molecule has 1 unspecified atom stereocenters. The maximum Gasteiger partial charge on any atom is 0.236 e. The lowest BCUT2D eigenvalue weighted by molar-refractivity contribution is -0.131. The highest BCUT2D eigenvalue weighted by atomic mass is 16.2. The summed E-state index contributed by atoms with van der Waals surface area (Å²) in [6.07, 6.45) is 5.31. The molecule has 116 valence electrons. The van der Waals surface area contributed by atoms with Gasteiger partial charge in [0.1, 0.15) is 23.1 Å². The molecule has 4 rings (SSSR count). The predicted octanol–water partition coefficient (Wildman–Crippen LogP) is 1.38. The van der Waals surface area contributed by atoms with E-state index in [-0.39, 0.29) is 18.4 Å². The molecule has 3 aromatic rings. The lowest BCUT2D eigenvalue weighted by atomic mass is 10.1. The molecule has 0 aromatic carbocycles. The minimum atomic E-state index is -0.116. The first-order chi connectivity index (χ1) is 11.3. The fraction of sp³-hybridized carbons (Fsp3) is 0.400. The Morgan fingerprint density at radius 3 is 3.30 bits per heavy atom. The molecule has 8 heteroatoms. The topological polar surface area (TPSA) is 103 Å². The number of rotatable bonds is 2. The summed E-state index contributed by atoms with van der Waals surface area (Å²) in [7, 11) is 0. The van der Waals surface area contributed by atoms with Crippen LogP contribution in [0.15, 0.2) is 18.5 Å². The molecule has 1 amide bonds. The number of fused-ring (bicyclic) bond motifs is 3. The van der Waals surface area contributed by atoms with Crippen molar-refractivity contribution in [2.24, 2.45) is 0 Å². The van der Waals surface area contributed by atoms with Crippen molar-refractivity contribution < 1.29 is 4.79 Å². The number of hydrogen-bond acceptors (Lipinski definition) is 5. The molecule has 1 aliphatic rings. The number of carbonyl (C=O) groups excluding carboxylic acids is 1. The van der Waals surface area contributed by atoms with Crippen LogP contribution in [0.2, 0.25) is 0 Å². The Hall–Kier alpha value is -2.95. The van der Waals surface area contributed by atoms with Crippen LogP contribution in [-0.4, -0.2) is 48.9 Å². The van der Waals surface area contributed by atoms with E-state index in [9.17, 15) is 4.79 Å². The van der Waals surface area contributed by atoms with Gasteiger partial charge in [0, 0.05) is 24.7 Å². The number of amides is 1. The Morgan fingerprint density at radius 1 is 1.52 bits per heavy atom. The van der Waals surface area contributed by atoms with Gasteiger partial charge in [0.05, 0.1) is 18.3 Å². The van der Waals surface area contributed by atoms with Crippen molar-refractivity contribution in [3.63, 3.8) is 0 Å². The highest BCUT2D eigenvalue weighted by molar-refractivity contribution is 6.00. The Bertz CT molecular complexity index is 919. The van der Waals surface area contributed by atoms with Crippen LogP contribution < -0.4 is 0 Å². The van der Waals surface area contributed by atoms with Crippen molar-refractivity contribution >= 4 is 28.0 Å². The van der Waals surface area contributed by atoms with Gasteiger partial charge in [0.15, 0.2) is 0 Å². The largest absolute Gasteiger partial charge is 0.346 e. The zero-order valence-corrected chi connectivity index (χ0v) is 12.4. The third-order valence-corrected chi connectivity index (χ3v) is 4.34. The van der Waals surface area contributed by atoms with Crippen molar-refractivity contribution in [3.8, 4) is 6.07 Å². The fourth-order valence-corrected chi connectivity index (χ4v) is 3.25. The van der Waals surface area contributed by atoms with Gasteiger partial charge in [-0.1, -0.05) is 5.21 Å². The average molecular weight is 309 g/mol. The summed E-state index contributed by atoms with van der Waals surface area (Å²) >= 11 is 0. The second-order valence-electron chi connectivity index (χ2n) is 5.74. The lowest BCUT2D eigenvalue weighted by Crippen LogP contribution is -2.40. The molecule has 0 aliphatic carbocycles. The van der Waals surface area contributed by atoms with Crippen molar-refractivity contribution in [1.29, 1.82) is 5.26 Å². The third-order valence-electron chi connectivity index (χ3n) is 4.34. The molecule has 0 saturated carbocycles. The maximum atomic E-state index is 12.0. The van der Waals surface area contributed by atoms with Gasteiger partial charge in [-0.3, -0.25) is 4.79 Å². The number of pyridine rings is 1.